The van der Waals surface area contributed by atoms with Gasteiger partial charge in [0, 0.05) is 31.8 Å². The Kier molecular flexibility index (Phi) is 6.02. The van der Waals surface area contributed by atoms with Crippen molar-refractivity contribution in [1.29, 1.82) is 0 Å². The number of rotatable bonds is 5. The van der Waals surface area contributed by atoms with Gasteiger partial charge in [-0.3, -0.25) is 15.0 Å². The minimum absolute atomic E-state index is 0.0766. The maximum atomic E-state index is 12.5. The predicted octanol–water partition coefficient (Wildman–Crippen LogP) is 1.56. The molecule has 1 heterocycles. The number of esters is 1. The van der Waals surface area contributed by atoms with Gasteiger partial charge in [-0.15, -0.1) is 0 Å². The fourth-order valence-corrected chi connectivity index (χ4v) is 3.66. The third-order valence-electron chi connectivity index (χ3n) is 4.49. The Morgan fingerprint density at radius 3 is 2.95 bits per heavy atom. The van der Waals surface area contributed by atoms with Crippen LogP contribution >= 0.6 is 0 Å². The van der Waals surface area contributed by atoms with Crippen LogP contribution in [0.15, 0.2) is 0 Å². The molecule has 1 saturated heterocycles. The number of nitrogens with zero attached hydrogens (tertiary/aromatic N) is 1. The highest BCUT2D eigenvalue weighted by molar-refractivity contribution is 5.81. The standard InChI is InChI=1S/C16H30N2O3/c1-4-21-15(19)16(17-13(2)3)7-6-14(12-16)18-8-5-10-20-11-9-18/h13-14,17H,4-12H2,1-3H3. The quantitative estimate of drug-likeness (QED) is 0.781. The first-order valence-corrected chi connectivity index (χ1v) is 8.34. The first kappa shape index (κ1) is 16.7. The first-order chi connectivity index (χ1) is 10.1. The van der Waals surface area contributed by atoms with Crippen LogP contribution in [0.3, 0.4) is 0 Å². The Morgan fingerprint density at radius 2 is 2.24 bits per heavy atom. The highest BCUT2D eigenvalue weighted by atomic mass is 16.5. The lowest BCUT2D eigenvalue weighted by Gasteiger charge is -2.32. The minimum Gasteiger partial charge on any atom is -0.465 e. The van der Waals surface area contributed by atoms with E-state index in [9.17, 15) is 4.79 Å². The molecule has 0 amide bonds. The van der Waals surface area contributed by atoms with Crippen molar-refractivity contribution in [1.82, 2.24) is 10.2 Å². The fraction of sp³-hybridized carbons (Fsp3) is 0.938. The molecular formula is C16H30N2O3. The van der Waals surface area contributed by atoms with Crippen LogP contribution in [0, 0.1) is 0 Å². The molecule has 2 rings (SSSR count). The Hall–Kier alpha value is -0.650. The lowest BCUT2D eigenvalue weighted by molar-refractivity contribution is -0.151. The molecule has 2 atom stereocenters. The molecule has 0 spiro atoms. The van der Waals surface area contributed by atoms with Crippen LogP contribution < -0.4 is 5.32 Å². The van der Waals surface area contributed by atoms with E-state index in [-0.39, 0.29) is 12.0 Å². The predicted molar refractivity (Wildman–Crippen MR) is 82.3 cm³/mol. The zero-order valence-corrected chi connectivity index (χ0v) is 13.7. The van der Waals surface area contributed by atoms with Gasteiger partial charge in [0.1, 0.15) is 5.54 Å². The van der Waals surface area contributed by atoms with E-state index >= 15 is 0 Å². The maximum absolute atomic E-state index is 12.5. The average molecular weight is 298 g/mol. The minimum atomic E-state index is -0.498. The number of carbonyl (C=O) groups is 1. The van der Waals surface area contributed by atoms with Crippen molar-refractivity contribution >= 4 is 5.97 Å². The number of hydrogen-bond donors (Lipinski definition) is 1. The molecule has 0 bridgehead atoms. The van der Waals surface area contributed by atoms with Crippen LogP contribution in [-0.4, -0.2) is 61.4 Å². The van der Waals surface area contributed by atoms with Crippen molar-refractivity contribution in [2.24, 2.45) is 0 Å². The molecule has 1 saturated carbocycles. The van der Waals surface area contributed by atoms with Crippen molar-refractivity contribution in [3.8, 4) is 0 Å². The van der Waals surface area contributed by atoms with Gasteiger partial charge in [-0.1, -0.05) is 0 Å². The molecule has 5 heteroatoms. The molecule has 2 aliphatic rings. The second-order valence-electron chi connectivity index (χ2n) is 6.50. The summed E-state index contributed by atoms with van der Waals surface area (Å²) in [6, 6.07) is 0.739. The van der Waals surface area contributed by atoms with E-state index < -0.39 is 5.54 Å². The summed E-state index contributed by atoms with van der Waals surface area (Å²) in [5.41, 5.74) is -0.498. The molecule has 5 nitrogen and oxygen atoms in total. The lowest BCUT2D eigenvalue weighted by Crippen LogP contribution is -2.54. The Bertz CT molecular complexity index is 340. The molecule has 21 heavy (non-hydrogen) atoms. The highest BCUT2D eigenvalue weighted by Gasteiger charge is 2.48. The molecule has 2 fully saturated rings. The van der Waals surface area contributed by atoms with Gasteiger partial charge >= 0.3 is 5.97 Å². The summed E-state index contributed by atoms with van der Waals surface area (Å²) in [5, 5.41) is 3.49. The summed E-state index contributed by atoms with van der Waals surface area (Å²) < 4.78 is 10.9. The number of carbonyl (C=O) groups excluding carboxylic acids is 1. The van der Waals surface area contributed by atoms with E-state index in [2.05, 4.69) is 24.1 Å². The average Bonchev–Trinajstić information content (AvgIpc) is 2.69. The highest BCUT2D eigenvalue weighted by Crippen LogP contribution is 2.35. The van der Waals surface area contributed by atoms with E-state index in [0.29, 0.717) is 12.6 Å². The zero-order chi connectivity index (χ0) is 15.3. The van der Waals surface area contributed by atoms with Crippen molar-refractivity contribution < 1.29 is 14.3 Å². The molecular weight excluding hydrogens is 268 g/mol. The van der Waals surface area contributed by atoms with E-state index in [1.165, 1.54) is 0 Å². The van der Waals surface area contributed by atoms with E-state index in [1.807, 2.05) is 6.92 Å². The molecule has 0 aromatic heterocycles. The van der Waals surface area contributed by atoms with E-state index in [1.54, 1.807) is 0 Å². The largest absolute Gasteiger partial charge is 0.465 e. The monoisotopic (exact) mass is 298 g/mol. The van der Waals surface area contributed by atoms with Crippen LogP contribution in [0.2, 0.25) is 0 Å². The maximum Gasteiger partial charge on any atom is 0.326 e. The second kappa shape index (κ2) is 7.56. The van der Waals surface area contributed by atoms with Crippen molar-refractivity contribution in [3.63, 3.8) is 0 Å². The Labute approximate surface area is 128 Å². The molecule has 0 radical (unpaired) electrons. The summed E-state index contributed by atoms with van der Waals surface area (Å²) in [5.74, 6) is -0.0766. The number of nitrogens with one attached hydrogen (secondary N) is 1. The van der Waals surface area contributed by atoms with Gasteiger partial charge in [0.25, 0.3) is 0 Å². The summed E-state index contributed by atoms with van der Waals surface area (Å²) in [4.78, 5) is 15.0. The summed E-state index contributed by atoms with van der Waals surface area (Å²) in [6.07, 6.45) is 3.86. The van der Waals surface area contributed by atoms with Crippen molar-refractivity contribution in [3.05, 3.63) is 0 Å². The van der Waals surface area contributed by atoms with Gasteiger partial charge in [0.15, 0.2) is 0 Å². The topological polar surface area (TPSA) is 50.8 Å². The third kappa shape index (κ3) is 4.18. The van der Waals surface area contributed by atoms with Crippen LogP contribution in [0.1, 0.15) is 46.5 Å². The van der Waals surface area contributed by atoms with Gasteiger partial charge in [-0.2, -0.15) is 0 Å². The first-order valence-electron chi connectivity index (χ1n) is 8.34. The smallest absolute Gasteiger partial charge is 0.326 e. The van der Waals surface area contributed by atoms with Crippen molar-refractivity contribution in [2.45, 2.75) is 64.1 Å². The van der Waals surface area contributed by atoms with Gasteiger partial charge < -0.3 is 9.47 Å². The second-order valence-corrected chi connectivity index (χ2v) is 6.50. The van der Waals surface area contributed by atoms with Crippen LogP contribution in [-0.2, 0) is 14.3 Å². The van der Waals surface area contributed by atoms with Gasteiger partial charge in [0.2, 0.25) is 0 Å². The van der Waals surface area contributed by atoms with Gasteiger partial charge in [-0.25, -0.2) is 0 Å². The van der Waals surface area contributed by atoms with Crippen LogP contribution in [0.4, 0.5) is 0 Å². The molecule has 1 N–H and O–H groups in total. The number of ether oxygens (including phenoxy) is 2. The zero-order valence-electron chi connectivity index (χ0n) is 13.7. The normalized spacial score (nSPS) is 31.3. The molecule has 0 aromatic rings. The molecule has 1 aliphatic carbocycles. The molecule has 0 aromatic carbocycles. The van der Waals surface area contributed by atoms with E-state index in [4.69, 9.17) is 9.47 Å². The number of hydrogen-bond acceptors (Lipinski definition) is 5. The van der Waals surface area contributed by atoms with Gasteiger partial charge in [0.05, 0.1) is 13.2 Å². The summed E-state index contributed by atoms with van der Waals surface area (Å²) >= 11 is 0. The van der Waals surface area contributed by atoms with Crippen LogP contribution in [0.5, 0.6) is 0 Å². The molecule has 1 aliphatic heterocycles. The molecule has 2 unspecified atom stereocenters. The summed E-state index contributed by atoms with van der Waals surface area (Å²) in [7, 11) is 0. The third-order valence-corrected chi connectivity index (χ3v) is 4.49. The van der Waals surface area contributed by atoms with Crippen LogP contribution in [0.25, 0.3) is 0 Å². The SMILES string of the molecule is CCOC(=O)C1(NC(C)C)CCC(N2CCCOCC2)C1. The van der Waals surface area contributed by atoms with Gasteiger partial charge in [-0.05, 0) is 46.5 Å². The molecule has 122 valence electrons. The Balaban J connectivity index is 2.04. The summed E-state index contributed by atoms with van der Waals surface area (Å²) in [6.45, 7) is 10.2. The Morgan fingerprint density at radius 1 is 1.43 bits per heavy atom. The lowest BCUT2D eigenvalue weighted by atomic mass is 9.96. The fourth-order valence-electron chi connectivity index (χ4n) is 3.66. The van der Waals surface area contributed by atoms with Crippen molar-refractivity contribution in [2.75, 3.05) is 32.9 Å². The van der Waals surface area contributed by atoms with E-state index in [0.717, 1.165) is 52.0 Å².